The van der Waals surface area contributed by atoms with Gasteiger partial charge in [-0.3, -0.25) is 0 Å². The lowest BCUT2D eigenvalue weighted by molar-refractivity contribution is 0.325. The highest BCUT2D eigenvalue weighted by molar-refractivity contribution is 7.09. The van der Waals surface area contributed by atoms with E-state index in [1.54, 1.807) is 23.6 Å². The van der Waals surface area contributed by atoms with Gasteiger partial charge in [0, 0.05) is 17.6 Å². The normalized spacial score (nSPS) is 10.2. The maximum atomic E-state index is 5.36. The monoisotopic (exact) mass is 250 g/mol. The van der Waals surface area contributed by atoms with Gasteiger partial charge in [0.2, 0.25) is 5.88 Å². The Hall–Kier alpha value is -1.69. The smallest absolute Gasteiger partial charge is 0.218 e. The molecule has 0 amide bonds. The Morgan fingerprint density at radius 2 is 2.29 bits per heavy atom. The van der Waals surface area contributed by atoms with Gasteiger partial charge >= 0.3 is 0 Å². The first-order valence-electron chi connectivity index (χ1n) is 5.38. The topological polar surface area (TPSA) is 59.9 Å². The number of nitrogens with one attached hydrogen (secondary N) is 1. The molecule has 0 bridgehead atoms. The zero-order valence-corrected chi connectivity index (χ0v) is 10.6. The van der Waals surface area contributed by atoms with Gasteiger partial charge < -0.3 is 10.1 Å². The molecular weight excluding hydrogens is 236 g/mol. The van der Waals surface area contributed by atoms with E-state index in [2.05, 4.69) is 20.3 Å². The summed E-state index contributed by atoms with van der Waals surface area (Å²) in [4.78, 5) is 12.7. The second-order valence-corrected chi connectivity index (χ2v) is 4.33. The van der Waals surface area contributed by atoms with Crippen LogP contribution in [0.4, 0.5) is 5.82 Å². The molecule has 90 valence electrons. The summed E-state index contributed by atoms with van der Waals surface area (Å²) in [5.74, 6) is 2.05. The average molecular weight is 250 g/mol. The van der Waals surface area contributed by atoms with E-state index in [9.17, 15) is 0 Å². The van der Waals surface area contributed by atoms with Crippen molar-refractivity contribution < 1.29 is 4.74 Å². The summed E-state index contributed by atoms with van der Waals surface area (Å²) in [6.07, 6.45) is 1.79. The van der Waals surface area contributed by atoms with Crippen molar-refractivity contribution in [1.29, 1.82) is 0 Å². The van der Waals surface area contributed by atoms with Crippen molar-refractivity contribution in [3.05, 3.63) is 28.5 Å². The molecular formula is C11H14N4OS. The highest BCUT2D eigenvalue weighted by Crippen LogP contribution is 2.14. The molecule has 0 aliphatic heterocycles. The van der Waals surface area contributed by atoms with Crippen molar-refractivity contribution in [3.63, 3.8) is 0 Å². The van der Waals surface area contributed by atoms with E-state index in [0.29, 0.717) is 24.9 Å². The van der Waals surface area contributed by atoms with Crippen molar-refractivity contribution in [2.24, 2.45) is 0 Å². The van der Waals surface area contributed by atoms with E-state index in [-0.39, 0.29) is 0 Å². The summed E-state index contributed by atoms with van der Waals surface area (Å²) in [5, 5.41) is 6.18. The fraction of sp³-hybridized carbons (Fsp3) is 0.364. The largest absolute Gasteiger partial charge is 0.478 e. The number of hydrogen-bond acceptors (Lipinski definition) is 6. The maximum absolute atomic E-state index is 5.36. The van der Waals surface area contributed by atoms with Crippen LogP contribution in [0.15, 0.2) is 17.6 Å². The molecule has 17 heavy (non-hydrogen) atoms. The van der Waals surface area contributed by atoms with Crippen molar-refractivity contribution >= 4 is 17.2 Å². The summed E-state index contributed by atoms with van der Waals surface area (Å²) in [7, 11) is 0. The number of rotatable bonds is 5. The van der Waals surface area contributed by atoms with E-state index in [0.717, 1.165) is 10.8 Å². The summed E-state index contributed by atoms with van der Waals surface area (Å²) in [6.45, 7) is 5.04. The van der Waals surface area contributed by atoms with Crippen LogP contribution in [-0.4, -0.2) is 21.6 Å². The number of aromatic nitrogens is 3. The molecule has 6 heteroatoms. The lowest BCUT2D eigenvalue weighted by atomic mass is 10.5. The van der Waals surface area contributed by atoms with Gasteiger partial charge in [-0.05, 0) is 13.8 Å². The van der Waals surface area contributed by atoms with E-state index in [1.807, 2.05) is 19.2 Å². The molecule has 0 aliphatic rings. The van der Waals surface area contributed by atoms with Crippen LogP contribution >= 0.6 is 11.3 Å². The molecule has 0 aromatic carbocycles. The second kappa shape index (κ2) is 5.58. The van der Waals surface area contributed by atoms with Gasteiger partial charge in [-0.25, -0.2) is 9.97 Å². The highest BCUT2D eigenvalue weighted by Gasteiger charge is 2.03. The van der Waals surface area contributed by atoms with Gasteiger partial charge in [-0.1, -0.05) is 0 Å². The zero-order chi connectivity index (χ0) is 12.1. The number of anilines is 1. The first-order valence-corrected chi connectivity index (χ1v) is 6.26. The van der Waals surface area contributed by atoms with Crippen LogP contribution in [0.25, 0.3) is 0 Å². The predicted molar refractivity (Wildman–Crippen MR) is 67.4 cm³/mol. The molecule has 2 rings (SSSR count). The molecule has 0 atom stereocenters. The number of nitrogens with zero attached hydrogens (tertiary/aromatic N) is 3. The van der Waals surface area contributed by atoms with E-state index < -0.39 is 0 Å². The lowest BCUT2D eigenvalue weighted by Gasteiger charge is -2.07. The summed E-state index contributed by atoms with van der Waals surface area (Å²) >= 11 is 1.61. The van der Waals surface area contributed by atoms with Crippen LogP contribution < -0.4 is 10.1 Å². The van der Waals surface area contributed by atoms with E-state index in [4.69, 9.17) is 4.74 Å². The lowest BCUT2D eigenvalue weighted by Crippen LogP contribution is -2.04. The van der Waals surface area contributed by atoms with E-state index >= 15 is 0 Å². The minimum atomic E-state index is 0.599. The molecule has 2 aromatic rings. The van der Waals surface area contributed by atoms with Crippen LogP contribution in [-0.2, 0) is 6.54 Å². The third-order valence-electron chi connectivity index (χ3n) is 2.01. The number of thiazole rings is 1. The van der Waals surface area contributed by atoms with Crippen LogP contribution in [0.3, 0.4) is 0 Å². The molecule has 0 aliphatic carbocycles. The molecule has 0 saturated heterocycles. The van der Waals surface area contributed by atoms with E-state index in [1.165, 1.54) is 0 Å². The van der Waals surface area contributed by atoms with Crippen LogP contribution in [0, 0.1) is 6.92 Å². The number of ether oxygens (including phenoxy) is 1. The summed E-state index contributed by atoms with van der Waals surface area (Å²) < 4.78 is 5.36. The van der Waals surface area contributed by atoms with Gasteiger partial charge in [-0.2, -0.15) is 4.98 Å². The SMILES string of the molecule is CCOc1cc(NCc2nccs2)nc(C)n1. The molecule has 1 N–H and O–H groups in total. The molecule has 2 heterocycles. The second-order valence-electron chi connectivity index (χ2n) is 3.35. The molecule has 0 radical (unpaired) electrons. The Labute approximate surface area is 104 Å². The van der Waals surface area contributed by atoms with Crippen molar-refractivity contribution in [2.45, 2.75) is 20.4 Å². The zero-order valence-electron chi connectivity index (χ0n) is 9.80. The molecule has 5 nitrogen and oxygen atoms in total. The minimum absolute atomic E-state index is 0.599. The Morgan fingerprint density at radius 3 is 3.00 bits per heavy atom. The Morgan fingerprint density at radius 1 is 1.41 bits per heavy atom. The van der Waals surface area contributed by atoms with Crippen molar-refractivity contribution in [3.8, 4) is 5.88 Å². The standard InChI is InChI=1S/C11H14N4OS/c1-3-16-10-6-9(14-8(2)15-10)13-7-11-12-4-5-17-11/h4-6H,3,7H2,1-2H3,(H,13,14,15). The van der Waals surface area contributed by atoms with Crippen molar-refractivity contribution in [2.75, 3.05) is 11.9 Å². The summed E-state index contributed by atoms with van der Waals surface area (Å²) in [6, 6.07) is 1.80. The maximum Gasteiger partial charge on any atom is 0.218 e. The third-order valence-corrected chi connectivity index (χ3v) is 2.79. The Kier molecular flexibility index (Phi) is 3.87. The average Bonchev–Trinajstić information content (AvgIpc) is 2.79. The Balaban J connectivity index is 2.04. The van der Waals surface area contributed by atoms with Crippen LogP contribution in [0.5, 0.6) is 5.88 Å². The quantitative estimate of drug-likeness (QED) is 0.882. The number of aryl methyl sites for hydroxylation is 1. The van der Waals surface area contributed by atoms with Crippen LogP contribution in [0.2, 0.25) is 0 Å². The first kappa shape index (κ1) is 11.8. The fourth-order valence-electron chi connectivity index (χ4n) is 1.36. The fourth-order valence-corrected chi connectivity index (χ4v) is 1.92. The third kappa shape index (κ3) is 3.39. The van der Waals surface area contributed by atoms with Crippen LogP contribution in [0.1, 0.15) is 17.8 Å². The predicted octanol–water partition coefficient (Wildman–Crippen LogP) is 2.25. The molecule has 2 aromatic heterocycles. The number of hydrogen-bond donors (Lipinski definition) is 1. The molecule has 0 spiro atoms. The van der Waals surface area contributed by atoms with Gasteiger partial charge in [-0.15, -0.1) is 11.3 Å². The molecule has 0 saturated carbocycles. The highest BCUT2D eigenvalue weighted by atomic mass is 32.1. The van der Waals surface area contributed by atoms with Gasteiger partial charge in [0.25, 0.3) is 0 Å². The van der Waals surface area contributed by atoms with Gasteiger partial charge in [0.15, 0.2) is 0 Å². The summed E-state index contributed by atoms with van der Waals surface area (Å²) in [5.41, 5.74) is 0. The molecule has 0 fully saturated rings. The van der Waals surface area contributed by atoms with Gasteiger partial charge in [0.05, 0.1) is 13.2 Å². The molecule has 0 unspecified atom stereocenters. The van der Waals surface area contributed by atoms with Crippen molar-refractivity contribution in [1.82, 2.24) is 15.0 Å². The minimum Gasteiger partial charge on any atom is -0.478 e. The Bertz CT molecular complexity index is 472. The van der Waals surface area contributed by atoms with Gasteiger partial charge in [0.1, 0.15) is 16.6 Å². The first-order chi connectivity index (χ1) is 8.28.